The number of allylic oxidation sites excluding steroid dienone is 17. The van der Waals surface area contributed by atoms with Gasteiger partial charge in [-0.05, 0) is 107 Å². The van der Waals surface area contributed by atoms with Crippen molar-refractivity contribution >= 4 is 44.3 Å². The van der Waals surface area contributed by atoms with E-state index >= 15 is 0 Å². The van der Waals surface area contributed by atoms with Crippen LogP contribution in [0.1, 0.15) is 19.3 Å². The summed E-state index contributed by atoms with van der Waals surface area (Å²) >= 11 is 0. The van der Waals surface area contributed by atoms with Crippen LogP contribution in [-0.4, -0.2) is 6.04 Å². The van der Waals surface area contributed by atoms with Gasteiger partial charge < -0.3 is 19.3 Å². The number of anilines is 4. The molecule has 6 aromatic carbocycles. The molecular weight excluding hydrogens is 805 g/mol. The molecule has 0 bridgehead atoms. The first-order valence-corrected chi connectivity index (χ1v) is 22.9. The predicted molar refractivity (Wildman–Crippen MR) is 277 cm³/mol. The molecule has 0 N–H and O–H groups in total. The van der Waals surface area contributed by atoms with Crippen molar-refractivity contribution in [3.05, 3.63) is 278 Å². The highest BCUT2D eigenvalue weighted by molar-refractivity contribution is 6.14. The fourth-order valence-corrected chi connectivity index (χ4v) is 9.52. The summed E-state index contributed by atoms with van der Waals surface area (Å²) in [5.74, 6) is 3.20. The standard InChI is InChI=1S/C62H52N2O2/c1-3-5-21-45-39-40-52(41-46(45)22-6-4-2)63(48-24-9-7-10-25-48)50-28-17-30-53(43-50)65-61-37-19-36-59-58(61)35-20-38-62(59)66-54-31-18-29-51(44-54)64(49-26-11-8-12-27-49)60-42-47-23-13-14-32-55(47)56-33-15-16-34-57(56)60/h3-6,8-9,11-39,41-44,52,58-59H,1-2,7,10,40H2/b21-5-,22-6-. The summed E-state index contributed by atoms with van der Waals surface area (Å²) in [5.41, 5.74) is 7.78. The van der Waals surface area contributed by atoms with Gasteiger partial charge in [0.2, 0.25) is 0 Å². The maximum absolute atomic E-state index is 6.89. The molecule has 4 heteroatoms. The van der Waals surface area contributed by atoms with Crippen LogP contribution in [-0.2, 0) is 0 Å². The topological polar surface area (TPSA) is 24.9 Å². The van der Waals surface area contributed by atoms with Gasteiger partial charge in [0.1, 0.15) is 23.0 Å². The maximum Gasteiger partial charge on any atom is 0.129 e. The van der Waals surface area contributed by atoms with Crippen LogP contribution >= 0.6 is 0 Å². The molecule has 322 valence electrons. The zero-order valence-electron chi connectivity index (χ0n) is 37.0. The van der Waals surface area contributed by atoms with Crippen molar-refractivity contribution in [1.29, 1.82) is 0 Å². The summed E-state index contributed by atoms with van der Waals surface area (Å²) in [6.45, 7) is 7.80. The van der Waals surface area contributed by atoms with Gasteiger partial charge in [0.15, 0.2) is 0 Å². The summed E-state index contributed by atoms with van der Waals surface area (Å²) in [6, 6.07) is 47.2. The minimum absolute atomic E-state index is 0.0422. The Bertz CT molecular complexity index is 3130. The van der Waals surface area contributed by atoms with Crippen molar-refractivity contribution in [1.82, 2.24) is 0 Å². The summed E-state index contributed by atoms with van der Waals surface area (Å²) in [4.78, 5) is 4.78. The van der Waals surface area contributed by atoms with Gasteiger partial charge in [0.05, 0.1) is 11.7 Å². The first-order valence-electron chi connectivity index (χ1n) is 22.9. The molecule has 0 aromatic heterocycles. The molecule has 0 saturated heterocycles. The molecule has 4 nitrogen and oxygen atoms in total. The van der Waals surface area contributed by atoms with Gasteiger partial charge in [0.25, 0.3) is 0 Å². The molecule has 0 radical (unpaired) electrons. The summed E-state index contributed by atoms with van der Waals surface area (Å²) < 4.78 is 13.8. The van der Waals surface area contributed by atoms with E-state index in [2.05, 4.69) is 229 Å². The number of rotatable bonds is 14. The lowest BCUT2D eigenvalue weighted by Crippen LogP contribution is -2.34. The molecule has 3 atom stereocenters. The monoisotopic (exact) mass is 856 g/mol. The van der Waals surface area contributed by atoms with E-state index in [1.807, 2.05) is 30.4 Å². The van der Waals surface area contributed by atoms with Crippen LogP contribution in [0.25, 0.3) is 21.5 Å². The molecule has 0 saturated carbocycles. The van der Waals surface area contributed by atoms with Crippen molar-refractivity contribution in [2.45, 2.75) is 25.3 Å². The third-order valence-electron chi connectivity index (χ3n) is 12.5. The molecular formula is C62H52N2O2. The average Bonchev–Trinajstić information content (AvgIpc) is 3.37. The zero-order chi connectivity index (χ0) is 44.7. The highest BCUT2D eigenvalue weighted by Crippen LogP contribution is 2.44. The Hall–Kier alpha value is -8.08. The third-order valence-corrected chi connectivity index (χ3v) is 12.5. The Morgan fingerprint density at radius 3 is 1.88 bits per heavy atom. The van der Waals surface area contributed by atoms with Gasteiger partial charge in [-0.3, -0.25) is 0 Å². The van der Waals surface area contributed by atoms with E-state index in [4.69, 9.17) is 9.47 Å². The van der Waals surface area contributed by atoms with Gasteiger partial charge in [0, 0.05) is 52.1 Å². The Morgan fingerprint density at radius 1 is 0.561 bits per heavy atom. The highest BCUT2D eigenvalue weighted by atomic mass is 16.5. The average molecular weight is 857 g/mol. The molecule has 0 aliphatic heterocycles. The first-order chi connectivity index (χ1) is 32.6. The van der Waals surface area contributed by atoms with Crippen LogP contribution in [0.4, 0.5) is 22.7 Å². The Balaban J connectivity index is 0.915. The number of ether oxygens (including phenoxy) is 2. The highest BCUT2D eigenvalue weighted by Gasteiger charge is 2.32. The number of fused-ring (bicyclic) bond motifs is 4. The second-order valence-electron chi connectivity index (χ2n) is 16.7. The van der Waals surface area contributed by atoms with E-state index in [1.54, 1.807) is 0 Å². The Kier molecular flexibility index (Phi) is 12.3. The van der Waals surface area contributed by atoms with Gasteiger partial charge in [-0.15, -0.1) is 0 Å². The van der Waals surface area contributed by atoms with Crippen LogP contribution in [0.5, 0.6) is 11.5 Å². The zero-order valence-corrected chi connectivity index (χ0v) is 37.0. The number of para-hydroxylation sites is 1. The predicted octanol–water partition coefficient (Wildman–Crippen LogP) is 16.2. The van der Waals surface area contributed by atoms with E-state index in [0.717, 1.165) is 70.6 Å². The van der Waals surface area contributed by atoms with Crippen LogP contribution in [0.3, 0.4) is 0 Å². The summed E-state index contributed by atoms with van der Waals surface area (Å²) in [7, 11) is 0. The van der Waals surface area contributed by atoms with Crippen LogP contribution in [0, 0.1) is 11.8 Å². The molecule has 0 fully saturated rings. The first kappa shape index (κ1) is 41.9. The molecule has 0 spiro atoms. The minimum Gasteiger partial charge on any atom is -0.461 e. The number of hydrogen-bond acceptors (Lipinski definition) is 4. The fraction of sp³-hybridized carbons (Fsp3) is 0.0968. The van der Waals surface area contributed by atoms with E-state index in [9.17, 15) is 0 Å². The van der Waals surface area contributed by atoms with E-state index < -0.39 is 0 Å². The number of nitrogens with zero attached hydrogens (tertiary/aromatic N) is 2. The maximum atomic E-state index is 6.89. The van der Waals surface area contributed by atoms with Gasteiger partial charge in [-0.25, -0.2) is 0 Å². The van der Waals surface area contributed by atoms with Crippen molar-refractivity contribution < 1.29 is 9.47 Å². The molecule has 4 aliphatic rings. The second kappa shape index (κ2) is 19.3. The Labute approximate surface area is 388 Å². The van der Waals surface area contributed by atoms with Crippen molar-refractivity contribution in [3.63, 3.8) is 0 Å². The largest absolute Gasteiger partial charge is 0.461 e. The number of benzene rings is 6. The molecule has 3 unspecified atom stereocenters. The smallest absolute Gasteiger partial charge is 0.129 e. The van der Waals surface area contributed by atoms with Crippen molar-refractivity contribution in [2.24, 2.45) is 11.8 Å². The Morgan fingerprint density at radius 2 is 1.18 bits per heavy atom. The van der Waals surface area contributed by atoms with Crippen LogP contribution in [0.2, 0.25) is 0 Å². The lowest BCUT2D eigenvalue weighted by atomic mass is 9.82. The summed E-state index contributed by atoms with van der Waals surface area (Å²) in [6.07, 6.45) is 39.1. The second-order valence-corrected chi connectivity index (χ2v) is 16.7. The quantitative estimate of drug-likeness (QED) is 0.0805. The van der Waals surface area contributed by atoms with Crippen LogP contribution in [0.15, 0.2) is 278 Å². The molecule has 6 aromatic rings. The van der Waals surface area contributed by atoms with E-state index in [-0.39, 0.29) is 17.9 Å². The van der Waals surface area contributed by atoms with Gasteiger partial charge in [-0.1, -0.05) is 177 Å². The normalized spacial score (nSPS) is 18.8. The van der Waals surface area contributed by atoms with Crippen molar-refractivity contribution in [2.75, 3.05) is 9.80 Å². The third kappa shape index (κ3) is 8.74. The minimum atomic E-state index is -0.0453. The molecule has 0 amide bonds. The molecule has 0 heterocycles. The van der Waals surface area contributed by atoms with Gasteiger partial charge in [-0.2, -0.15) is 0 Å². The van der Waals surface area contributed by atoms with E-state index in [1.165, 1.54) is 32.8 Å². The lowest BCUT2D eigenvalue weighted by Gasteiger charge is -2.36. The molecule has 10 rings (SSSR count). The fourth-order valence-electron chi connectivity index (χ4n) is 9.52. The number of hydrogen-bond donors (Lipinski definition) is 0. The SMILES string of the molecule is C=C/C=C\C1=CCC(N(C2=CCCC=C2)c2cccc(OC3=CC=CC4C(Oc5cccc(N(c6ccccc6)c6cc7ccccc7c7ccccc67)c5)=CC=CC34)c2)C=C1/C=C\C=C. The molecule has 4 aliphatic carbocycles. The van der Waals surface area contributed by atoms with Crippen molar-refractivity contribution in [3.8, 4) is 11.5 Å². The van der Waals surface area contributed by atoms with Crippen LogP contribution < -0.4 is 19.3 Å². The van der Waals surface area contributed by atoms with E-state index in [0.29, 0.717) is 0 Å². The lowest BCUT2D eigenvalue weighted by molar-refractivity contribution is 0.294. The molecule has 66 heavy (non-hydrogen) atoms. The van der Waals surface area contributed by atoms with Gasteiger partial charge >= 0.3 is 0 Å². The summed E-state index contributed by atoms with van der Waals surface area (Å²) in [5, 5.41) is 4.84.